The number of imidazole rings is 1. The predicted molar refractivity (Wildman–Crippen MR) is 78.6 cm³/mol. The summed E-state index contributed by atoms with van der Waals surface area (Å²) in [5, 5.41) is 0. The molecule has 0 fully saturated rings. The summed E-state index contributed by atoms with van der Waals surface area (Å²) >= 11 is 0. The summed E-state index contributed by atoms with van der Waals surface area (Å²) in [5.74, 6) is 0.916. The van der Waals surface area contributed by atoms with Crippen LogP contribution in [0.15, 0.2) is 48.5 Å². The first-order chi connectivity index (χ1) is 9.29. The van der Waals surface area contributed by atoms with Crippen LogP contribution >= 0.6 is 0 Å². The monoisotopic (exact) mass is 252 g/mol. The molecule has 0 aliphatic rings. The second kappa shape index (κ2) is 4.74. The molecule has 0 aliphatic heterocycles. The minimum absolute atomic E-state index is 0.579. The van der Waals surface area contributed by atoms with Crippen molar-refractivity contribution in [3.63, 3.8) is 0 Å². The van der Waals surface area contributed by atoms with Crippen molar-refractivity contribution < 1.29 is 0 Å². The van der Waals surface area contributed by atoms with Gasteiger partial charge in [-0.05, 0) is 24.3 Å². The third kappa shape index (κ3) is 2.06. The Bertz CT molecular complexity index is 715. The summed E-state index contributed by atoms with van der Waals surface area (Å²) in [4.78, 5) is 4.69. The second-order valence-corrected chi connectivity index (χ2v) is 4.49. The molecule has 0 unspecified atom stereocenters. The van der Waals surface area contributed by atoms with E-state index in [4.69, 9.17) is 16.5 Å². The zero-order chi connectivity index (χ0) is 13.2. The molecule has 0 radical (unpaired) electrons. The Kier molecular flexibility index (Phi) is 2.93. The van der Waals surface area contributed by atoms with Crippen LogP contribution in [0.4, 0.5) is 5.69 Å². The van der Waals surface area contributed by atoms with Crippen molar-refractivity contribution in [3.8, 4) is 11.4 Å². The number of nitrogens with zero attached hydrogens (tertiary/aromatic N) is 2. The van der Waals surface area contributed by atoms with Crippen molar-refractivity contribution in [1.82, 2.24) is 9.55 Å². The molecular formula is C15H16N4. The molecule has 3 rings (SSSR count). The van der Waals surface area contributed by atoms with Gasteiger partial charge in [0.25, 0.3) is 0 Å². The third-order valence-electron chi connectivity index (χ3n) is 3.15. The number of nitrogen functional groups attached to an aromatic ring is 1. The fourth-order valence-corrected chi connectivity index (χ4v) is 2.33. The van der Waals surface area contributed by atoms with Crippen molar-refractivity contribution in [2.75, 3.05) is 12.3 Å². The molecule has 4 heteroatoms. The Balaban J connectivity index is 2.25. The Hall–Kier alpha value is -2.33. The van der Waals surface area contributed by atoms with Crippen molar-refractivity contribution >= 4 is 16.7 Å². The predicted octanol–water partition coefficient (Wildman–Crippen LogP) is 2.24. The van der Waals surface area contributed by atoms with Gasteiger partial charge in [-0.15, -0.1) is 0 Å². The third-order valence-corrected chi connectivity index (χ3v) is 3.15. The molecule has 0 spiro atoms. The number of para-hydroxylation sites is 2. The SMILES string of the molecule is NCCn1c(-c2cccc(N)c2)nc2ccccc21. The average Bonchev–Trinajstić information content (AvgIpc) is 2.79. The first kappa shape index (κ1) is 11.7. The molecule has 0 bridgehead atoms. The Labute approximate surface area is 111 Å². The number of fused-ring (bicyclic) bond motifs is 1. The minimum atomic E-state index is 0.579. The second-order valence-electron chi connectivity index (χ2n) is 4.49. The van der Waals surface area contributed by atoms with Crippen LogP contribution in [0.3, 0.4) is 0 Å². The van der Waals surface area contributed by atoms with Gasteiger partial charge in [0, 0.05) is 24.3 Å². The Morgan fingerprint density at radius 3 is 2.68 bits per heavy atom. The van der Waals surface area contributed by atoms with Gasteiger partial charge < -0.3 is 16.0 Å². The van der Waals surface area contributed by atoms with Gasteiger partial charge in [0.2, 0.25) is 0 Å². The first-order valence-corrected chi connectivity index (χ1v) is 6.31. The van der Waals surface area contributed by atoms with E-state index in [9.17, 15) is 0 Å². The molecule has 2 aromatic carbocycles. The van der Waals surface area contributed by atoms with Crippen LogP contribution in [-0.2, 0) is 6.54 Å². The summed E-state index contributed by atoms with van der Waals surface area (Å²) in [6.07, 6.45) is 0. The highest BCUT2D eigenvalue weighted by Gasteiger charge is 2.11. The van der Waals surface area contributed by atoms with Gasteiger partial charge in [0.05, 0.1) is 11.0 Å². The summed E-state index contributed by atoms with van der Waals surface area (Å²) < 4.78 is 2.14. The van der Waals surface area contributed by atoms with Gasteiger partial charge in [0.1, 0.15) is 5.82 Å². The van der Waals surface area contributed by atoms with Gasteiger partial charge in [-0.1, -0.05) is 24.3 Å². The number of hydrogen-bond donors (Lipinski definition) is 2. The fraction of sp³-hybridized carbons (Fsp3) is 0.133. The van der Waals surface area contributed by atoms with E-state index in [2.05, 4.69) is 10.6 Å². The molecule has 19 heavy (non-hydrogen) atoms. The van der Waals surface area contributed by atoms with Crippen molar-refractivity contribution in [1.29, 1.82) is 0 Å². The molecule has 0 saturated carbocycles. The molecule has 4 N–H and O–H groups in total. The Morgan fingerprint density at radius 2 is 1.89 bits per heavy atom. The quantitative estimate of drug-likeness (QED) is 0.702. The molecule has 4 nitrogen and oxygen atoms in total. The van der Waals surface area contributed by atoms with Crippen molar-refractivity contribution in [3.05, 3.63) is 48.5 Å². The van der Waals surface area contributed by atoms with Crippen LogP contribution in [0.5, 0.6) is 0 Å². The fourth-order valence-electron chi connectivity index (χ4n) is 2.33. The van der Waals surface area contributed by atoms with E-state index in [1.807, 2.05) is 42.5 Å². The van der Waals surface area contributed by atoms with E-state index in [0.29, 0.717) is 6.54 Å². The van der Waals surface area contributed by atoms with E-state index in [1.165, 1.54) is 0 Å². The van der Waals surface area contributed by atoms with E-state index in [-0.39, 0.29) is 0 Å². The largest absolute Gasteiger partial charge is 0.399 e. The molecule has 96 valence electrons. The molecule has 1 heterocycles. The highest BCUT2D eigenvalue weighted by molar-refractivity contribution is 5.81. The maximum absolute atomic E-state index is 5.85. The van der Waals surface area contributed by atoms with Crippen LogP contribution in [0.25, 0.3) is 22.4 Å². The molecular weight excluding hydrogens is 236 g/mol. The topological polar surface area (TPSA) is 69.9 Å². The van der Waals surface area contributed by atoms with Gasteiger partial charge in [-0.3, -0.25) is 0 Å². The summed E-state index contributed by atoms with van der Waals surface area (Å²) in [5.41, 5.74) is 15.4. The number of benzene rings is 2. The molecule has 0 amide bonds. The van der Waals surface area contributed by atoms with Crippen LogP contribution in [-0.4, -0.2) is 16.1 Å². The maximum atomic E-state index is 5.85. The number of hydrogen-bond acceptors (Lipinski definition) is 3. The lowest BCUT2D eigenvalue weighted by Crippen LogP contribution is -2.10. The van der Waals surface area contributed by atoms with Crippen LogP contribution in [0.1, 0.15) is 0 Å². The molecule has 0 aliphatic carbocycles. The lowest BCUT2D eigenvalue weighted by Gasteiger charge is -2.08. The standard InChI is InChI=1S/C15H16N4/c16-8-9-19-14-7-2-1-6-13(14)18-15(19)11-4-3-5-12(17)10-11/h1-7,10H,8-9,16-17H2. The number of aromatic nitrogens is 2. The number of nitrogens with two attached hydrogens (primary N) is 2. The van der Waals surface area contributed by atoms with Gasteiger partial charge >= 0.3 is 0 Å². The Morgan fingerprint density at radius 1 is 1.05 bits per heavy atom. The van der Waals surface area contributed by atoms with Gasteiger partial charge in [-0.2, -0.15) is 0 Å². The minimum Gasteiger partial charge on any atom is -0.399 e. The average molecular weight is 252 g/mol. The smallest absolute Gasteiger partial charge is 0.141 e. The summed E-state index contributed by atoms with van der Waals surface area (Å²) in [7, 11) is 0. The lowest BCUT2D eigenvalue weighted by atomic mass is 10.2. The molecule has 0 saturated heterocycles. The van der Waals surface area contributed by atoms with Gasteiger partial charge in [-0.25, -0.2) is 4.98 Å². The number of rotatable bonds is 3. The molecule has 1 aromatic heterocycles. The summed E-state index contributed by atoms with van der Waals surface area (Å²) in [6.45, 7) is 1.32. The van der Waals surface area contributed by atoms with Crippen LogP contribution < -0.4 is 11.5 Å². The first-order valence-electron chi connectivity index (χ1n) is 6.31. The van der Waals surface area contributed by atoms with E-state index < -0.39 is 0 Å². The normalized spacial score (nSPS) is 11.0. The van der Waals surface area contributed by atoms with Crippen LogP contribution in [0.2, 0.25) is 0 Å². The number of anilines is 1. The highest BCUT2D eigenvalue weighted by Crippen LogP contribution is 2.25. The van der Waals surface area contributed by atoms with Crippen molar-refractivity contribution in [2.24, 2.45) is 5.73 Å². The maximum Gasteiger partial charge on any atom is 0.141 e. The summed E-state index contributed by atoms with van der Waals surface area (Å²) in [6, 6.07) is 15.9. The molecule has 0 atom stereocenters. The van der Waals surface area contributed by atoms with E-state index in [1.54, 1.807) is 0 Å². The zero-order valence-electron chi connectivity index (χ0n) is 10.6. The van der Waals surface area contributed by atoms with E-state index in [0.717, 1.165) is 34.7 Å². The zero-order valence-corrected chi connectivity index (χ0v) is 10.6. The highest BCUT2D eigenvalue weighted by atomic mass is 15.1. The molecule has 3 aromatic rings. The van der Waals surface area contributed by atoms with Crippen LogP contribution in [0, 0.1) is 0 Å². The lowest BCUT2D eigenvalue weighted by molar-refractivity contribution is 0.735. The van der Waals surface area contributed by atoms with Gasteiger partial charge in [0.15, 0.2) is 0 Å². The van der Waals surface area contributed by atoms with Crippen molar-refractivity contribution in [2.45, 2.75) is 6.54 Å². The van der Waals surface area contributed by atoms with E-state index >= 15 is 0 Å².